The maximum Gasteiger partial charge on any atom is 0.274 e. The predicted octanol–water partition coefficient (Wildman–Crippen LogP) is 1.83. The van der Waals surface area contributed by atoms with Crippen molar-refractivity contribution >= 4 is 11.6 Å². The fourth-order valence-corrected chi connectivity index (χ4v) is 2.72. The first-order valence-electron chi connectivity index (χ1n) is 7.12. The molecule has 1 aromatic carbocycles. The van der Waals surface area contributed by atoms with Crippen LogP contribution >= 0.6 is 0 Å². The lowest BCUT2D eigenvalue weighted by Crippen LogP contribution is -2.53. The van der Waals surface area contributed by atoms with Crippen molar-refractivity contribution in [1.29, 1.82) is 0 Å². The first-order valence-corrected chi connectivity index (χ1v) is 7.12. The molecule has 2 aromatic rings. The van der Waals surface area contributed by atoms with Gasteiger partial charge in [0.15, 0.2) is 0 Å². The molecular weight excluding hydrogens is 264 g/mol. The molecule has 1 aliphatic heterocycles. The zero-order valence-electron chi connectivity index (χ0n) is 12.0. The Balaban J connectivity index is 1.70. The van der Waals surface area contributed by atoms with E-state index in [0.29, 0.717) is 18.8 Å². The van der Waals surface area contributed by atoms with E-state index in [1.54, 1.807) is 12.4 Å². The predicted molar refractivity (Wildman–Crippen MR) is 81.2 cm³/mol. The maximum atomic E-state index is 12.4. The first-order chi connectivity index (χ1) is 10.3. The SMILES string of the molecule is CC1CN(C(=O)c2cnccn2)CCN1c1ccccc1. The summed E-state index contributed by atoms with van der Waals surface area (Å²) < 4.78 is 0. The van der Waals surface area contributed by atoms with Crippen LogP contribution in [-0.4, -0.2) is 46.5 Å². The van der Waals surface area contributed by atoms with Crippen molar-refractivity contribution in [1.82, 2.24) is 14.9 Å². The van der Waals surface area contributed by atoms with E-state index >= 15 is 0 Å². The molecule has 5 heteroatoms. The van der Waals surface area contributed by atoms with Crippen molar-refractivity contribution in [2.24, 2.45) is 0 Å². The Hall–Kier alpha value is -2.43. The lowest BCUT2D eigenvalue weighted by molar-refractivity contribution is 0.0720. The van der Waals surface area contributed by atoms with E-state index in [2.05, 4.69) is 33.9 Å². The second-order valence-corrected chi connectivity index (χ2v) is 5.22. The molecule has 21 heavy (non-hydrogen) atoms. The Bertz CT molecular complexity index is 602. The third-order valence-electron chi connectivity index (χ3n) is 3.78. The molecule has 1 unspecified atom stereocenters. The number of carbonyl (C=O) groups is 1. The van der Waals surface area contributed by atoms with E-state index in [4.69, 9.17) is 0 Å². The Morgan fingerprint density at radius 3 is 2.67 bits per heavy atom. The molecule has 2 heterocycles. The van der Waals surface area contributed by atoms with Crippen LogP contribution < -0.4 is 4.90 Å². The highest BCUT2D eigenvalue weighted by Gasteiger charge is 2.27. The molecule has 0 spiro atoms. The second-order valence-electron chi connectivity index (χ2n) is 5.22. The Kier molecular flexibility index (Phi) is 3.81. The number of nitrogens with zero attached hydrogens (tertiary/aromatic N) is 4. The van der Waals surface area contributed by atoms with Gasteiger partial charge in [0.25, 0.3) is 5.91 Å². The third-order valence-corrected chi connectivity index (χ3v) is 3.78. The number of benzene rings is 1. The largest absolute Gasteiger partial charge is 0.365 e. The average molecular weight is 282 g/mol. The molecule has 0 radical (unpaired) electrons. The minimum absolute atomic E-state index is 0.0392. The van der Waals surface area contributed by atoms with Crippen LogP contribution in [0.5, 0.6) is 0 Å². The number of hydrogen-bond donors (Lipinski definition) is 0. The van der Waals surface area contributed by atoms with Crippen molar-refractivity contribution < 1.29 is 4.79 Å². The van der Waals surface area contributed by atoms with Gasteiger partial charge in [0, 0.05) is 43.8 Å². The number of carbonyl (C=O) groups excluding carboxylic acids is 1. The summed E-state index contributed by atoms with van der Waals surface area (Å²) in [5.41, 5.74) is 1.62. The summed E-state index contributed by atoms with van der Waals surface area (Å²) in [6.07, 6.45) is 4.65. The molecule has 1 amide bonds. The van der Waals surface area contributed by atoms with Crippen LogP contribution in [0.15, 0.2) is 48.9 Å². The van der Waals surface area contributed by atoms with Crippen LogP contribution in [0.2, 0.25) is 0 Å². The molecule has 108 valence electrons. The van der Waals surface area contributed by atoms with Crippen LogP contribution in [0.1, 0.15) is 17.4 Å². The van der Waals surface area contributed by atoms with Gasteiger partial charge in [0.2, 0.25) is 0 Å². The summed E-state index contributed by atoms with van der Waals surface area (Å²) in [6, 6.07) is 10.6. The van der Waals surface area contributed by atoms with Crippen molar-refractivity contribution in [2.45, 2.75) is 13.0 Å². The topological polar surface area (TPSA) is 49.3 Å². The van der Waals surface area contributed by atoms with Gasteiger partial charge in [0.1, 0.15) is 5.69 Å². The Labute approximate surface area is 124 Å². The third kappa shape index (κ3) is 2.86. The van der Waals surface area contributed by atoms with Crippen molar-refractivity contribution in [3.8, 4) is 0 Å². The minimum Gasteiger partial charge on any atom is -0.365 e. The highest BCUT2D eigenvalue weighted by molar-refractivity contribution is 5.92. The van der Waals surface area contributed by atoms with Crippen LogP contribution in [0.25, 0.3) is 0 Å². The van der Waals surface area contributed by atoms with Crippen LogP contribution in [-0.2, 0) is 0 Å². The Morgan fingerprint density at radius 1 is 1.19 bits per heavy atom. The zero-order valence-corrected chi connectivity index (χ0v) is 12.0. The van der Waals surface area contributed by atoms with E-state index in [1.165, 1.54) is 11.9 Å². The molecule has 1 aliphatic rings. The van der Waals surface area contributed by atoms with E-state index in [1.807, 2.05) is 23.1 Å². The number of rotatable bonds is 2. The van der Waals surface area contributed by atoms with Crippen molar-refractivity contribution in [3.05, 3.63) is 54.6 Å². The van der Waals surface area contributed by atoms with Gasteiger partial charge in [0.05, 0.1) is 6.20 Å². The van der Waals surface area contributed by atoms with Gasteiger partial charge < -0.3 is 9.80 Å². The summed E-state index contributed by atoms with van der Waals surface area (Å²) in [4.78, 5) is 24.6. The molecule has 0 N–H and O–H groups in total. The fourth-order valence-electron chi connectivity index (χ4n) is 2.72. The van der Waals surface area contributed by atoms with Gasteiger partial charge in [-0.3, -0.25) is 9.78 Å². The zero-order chi connectivity index (χ0) is 14.7. The molecule has 1 atom stereocenters. The lowest BCUT2D eigenvalue weighted by Gasteiger charge is -2.41. The first kappa shape index (κ1) is 13.5. The van der Waals surface area contributed by atoms with Gasteiger partial charge in [-0.2, -0.15) is 0 Å². The molecule has 3 rings (SSSR count). The smallest absolute Gasteiger partial charge is 0.274 e. The van der Waals surface area contributed by atoms with E-state index in [0.717, 1.165) is 6.54 Å². The normalized spacial score (nSPS) is 18.6. The Morgan fingerprint density at radius 2 is 2.00 bits per heavy atom. The number of amides is 1. The van der Waals surface area contributed by atoms with Gasteiger partial charge in [-0.1, -0.05) is 18.2 Å². The molecular formula is C16H18N4O. The molecule has 0 aliphatic carbocycles. The number of anilines is 1. The van der Waals surface area contributed by atoms with Crippen LogP contribution in [0.3, 0.4) is 0 Å². The maximum absolute atomic E-state index is 12.4. The minimum atomic E-state index is -0.0392. The number of para-hydroxylation sites is 1. The fraction of sp³-hybridized carbons (Fsp3) is 0.312. The molecule has 0 saturated carbocycles. The van der Waals surface area contributed by atoms with Crippen molar-refractivity contribution in [2.75, 3.05) is 24.5 Å². The molecule has 5 nitrogen and oxygen atoms in total. The quantitative estimate of drug-likeness (QED) is 0.843. The average Bonchev–Trinajstić information content (AvgIpc) is 2.55. The number of hydrogen-bond acceptors (Lipinski definition) is 4. The van der Waals surface area contributed by atoms with E-state index < -0.39 is 0 Å². The van der Waals surface area contributed by atoms with Gasteiger partial charge in [-0.05, 0) is 19.1 Å². The van der Waals surface area contributed by atoms with Gasteiger partial charge in [-0.25, -0.2) is 4.98 Å². The lowest BCUT2D eigenvalue weighted by atomic mass is 10.1. The summed E-state index contributed by atoms with van der Waals surface area (Å²) in [5, 5.41) is 0. The summed E-state index contributed by atoms with van der Waals surface area (Å²) in [7, 11) is 0. The summed E-state index contributed by atoms with van der Waals surface area (Å²) in [5.74, 6) is -0.0392. The summed E-state index contributed by atoms with van der Waals surface area (Å²) >= 11 is 0. The van der Waals surface area contributed by atoms with E-state index in [9.17, 15) is 4.79 Å². The van der Waals surface area contributed by atoms with Crippen molar-refractivity contribution in [3.63, 3.8) is 0 Å². The standard InChI is InChI=1S/C16H18N4O/c1-13-12-19(16(21)15-11-17-7-8-18-15)9-10-20(13)14-5-3-2-4-6-14/h2-8,11,13H,9-10,12H2,1H3. The summed E-state index contributed by atoms with van der Waals surface area (Å²) in [6.45, 7) is 4.37. The number of aromatic nitrogens is 2. The van der Waals surface area contributed by atoms with Gasteiger partial charge >= 0.3 is 0 Å². The van der Waals surface area contributed by atoms with E-state index in [-0.39, 0.29) is 11.9 Å². The van der Waals surface area contributed by atoms with Crippen LogP contribution in [0.4, 0.5) is 5.69 Å². The number of piperazine rings is 1. The molecule has 0 bridgehead atoms. The monoisotopic (exact) mass is 282 g/mol. The molecule has 1 fully saturated rings. The van der Waals surface area contributed by atoms with Crippen LogP contribution in [0, 0.1) is 0 Å². The molecule has 1 saturated heterocycles. The molecule has 1 aromatic heterocycles. The van der Waals surface area contributed by atoms with Gasteiger partial charge in [-0.15, -0.1) is 0 Å². The highest BCUT2D eigenvalue weighted by atomic mass is 16.2. The second kappa shape index (κ2) is 5.91. The highest BCUT2D eigenvalue weighted by Crippen LogP contribution is 2.20.